The number of para-hydroxylation sites is 1. The number of anilines is 1. The van der Waals surface area contributed by atoms with E-state index >= 15 is 0 Å². The van der Waals surface area contributed by atoms with E-state index in [2.05, 4.69) is 37.6 Å². The third-order valence-electron chi connectivity index (χ3n) is 5.84. The van der Waals surface area contributed by atoms with E-state index in [-0.39, 0.29) is 18.2 Å². The van der Waals surface area contributed by atoms with Crippen molar-refractivity contribution in [3.63, 3.8) is 0 Å². The highest BCUT2D eigenvalue weighted by Gasteiger charge is 2.32. The van der Waals surface area contributed by atoms with E-state index in [4.69, 9.17) is 4.74 Å². The van der Waals surface area contributed by atoms with Crippen LogP contribution < -0.4 is 15.5 Å². The predicted octanol–water partition coefficient (Wildman–Crippen LogP) is 0.596. The fourth-order valence-electron chi connectivity index (χ4n) is 4.01. The van der Waals surface area contributed by atoms with Gasteiger partial charge in [0.2, 0.25) is 11.9 Å². The van der Waals surface area contributed by atoms with Gasteiger partial charge in [-0.05, 0) is 30.9 Å². The summed E-state index contributed by atoms with van der Waals surface area (Å²) in [5, 5.41) is 6.12. The predicted molar refractivity (Wildman–Crippen MR) is 111 cm³/mol. The summed E-state index contributed by atoms with van der Waals surface area (Å²) in [5.74, 6) is 0.706. The number of benzene rings is 1. The second-order valence-corrected chi connectivity index (χ2v) is 7.84. The highest BCUT2D eigenvalue weighted by atomic mass is 16.5. The molecule has 29 heavy (non-hydrogen) atoms. The first-order chi connectivity index (χ1) is 14.2. The quantitative estimate of drug-likeness (QED) is 0.754. The molecule has 0 bridgehead atoms. The Labute approximate surface area is 171 Å². The lowest BCUT2D eigenvalue weighted by molar-refractivity contribution is -0.126. The van der Waals surface area contributed by atoms with Gasteiger partial charge < -0.3 is 25.2 Å². The fourth-order valence-corrected chi connectivity index (χ4v) is 4.01. The zero-order valence-corrected chi connectivity index (χ0v) is 16.7. The molecule has 3 aliphatic rings. The average Bonchev–Trinajstić information content (AvgIpc) is 3.14. The van der Waals surface area contributed by atoms with E-state index in [9.17, 15) is 9.59 Å². The zero-order chi connectivity index (χ0) is 20.1. The maximum Gasteiger partial charge on any atom is 0.271 e. The Balaban J connectivity index is 1.21. The van der Waals surface area contributed by atoms with Crippen molar-refractivity contribution in [2.75, 3.05) is 50.8 Å². The number of amides is 2. The summed E-state index contributed by atoms with van der Waals surface area (Å²) in [6.07, 6.45) is 2.07. The van der Waals surface area contributed by atoms with Crippen molar-refractivity contribution in [2.24, 2.45) is 10.9 Å². The minimum atomic E-state index is -0.563. The Bertz CT molecular complexity index is 740. The fraction of sp³-hybridized carbons (Fsp3) is 0.571. The Hall–Kier alpha value is -2.61. The number of guanidine groups is 1. The summed E-state index contributed by atoms with van der Waals surface area (Å²) in [4.78, 5) is 33.1. The molecular weight excluding hydrogens is 370 g/mol. The van der Waals surface area contributed by atoms with Crippen LogP contribution in [0.2, 0.25) is 0 Å². The summed E-state index contributed by atoms with van der Waals surface area (Å²) in [5.41, 5.74) is 1.21. The van der Waals surface area contributed by atoms with Gasteiger partial charge in [-0.15, -0.1) is 0 Å². The molecule has 0 aliphatic carbocycles. The first kappa shape index (κ1) is 19.7. The number of rotatable bonds is 5. The van der Waals surface area contributed by atoms with Gasteiger partial charge in [-0.2, -0.15) is 4.99 Å². The topological polar surface area (TPSA) is 86.3 Å². The van der Waals surface area contributed by atoms with Crippen molar-refractivity contribution >= 4 is 23.5 Å². The van der Waals surface area contributed by atoms with Crippen LogP contribution in [0.4, 0.5) is 5.69 Å². The van der Waals surface area contributed by atoms with Gasteiger partial charge in [0.25, 0.3) is 5.91 Å². The molecular formula is C21H29N5O3. The van der Waals surface area contributed by atoms with Gasteiger partial charge in [-0.3, -0.25) is 9.59 Å². The lowest BCUT2D eigenvalue weighted by Crippen LogP contribution is -2.53. The van der Waals surface area contributed by atoms with E-state index in [1.807, 2.05) is 18.2 Å². The van der Waals surface area contributed by atoms with Crippen molar-refractivity contribution in [2.45, 2.75) is 25.3 Å². The molecule has 1 aromatic rings. The Morgan fingerprint density at radius 1 is 1.10 bits per heavy atom. The highest BCUT2D eigenvalue weighted by molar-refractivity contribution is 6.04. The molecule has 1 atom stereocenters. The second kappa shape index (κ2) is 9.26. The van der Waals surface area contributed by atoms with E-state index in [1.54, 1.807) is 0 Å². The Kier molecular flexibility index (Phi) is 6.29. The number of aliphatic imine (C=N–C) groups is 1. The van der Waals surface area contributed by atoms with Gasteiger partial charge in [0.15, 0.2) is 0 Å². The van der Waals surface area contributed by atoms with Gasteiger partial charge in [0, 0.05) is 51.6 Å². The van der Waals surface area contributed by atoms with Crippen molar-refractivity contribution in [1.82, 2.24) is 15.5 Å². The first-order valence-electron chi connectivity index (χ1n) is 10.5. The summed E-state index contributed by atoms with van der Waals surface area (Å²) in [6, 6.07) is 9.76. The molecule has 8 heteroatoms. The average molecular weight is 399 g/mol. The van der Waals surface area contributed by atoms with Crippen LogP contribution in [0.3, 0.4) is 0 Å². The molecule has 156 valence electrons. The van der Waals surface area contributed by atoms with Crippen LogP contribution in [0.1, 0.15) is 19.3 Å². The smallest absolute Gasteiger partial charge is 0.271 e. The molecule has 4 rings (SSSR count). The molecule has 8 nitrogen and oxygen atoms in total. The molecule has 3 aliphatic heterocycles. The summed E-state index contributed by atoms with van der Waals surface area (Å²) >= 11 is 0. The maximum atomic E-state index is 12.3. The molecule has 3 heterocycles. The normalized spacial score (nSPS) is 23.0. The van der Waals surface area contributed by atoms with Gasteiger partial charge in [0.1, 0.15) is 6.04 Å². The number of carbonyl (C=O) groups is 2. The molecule has 0 aromatic heterocycles. The third-order valence-corrected chi connectivity index (χ3v) is 5.84. The lowest BCUT2D eigenvalue weighted by atomic mass is 10.0. The largest absolute Gasteiger partial charge is 0.381 e. The number of carbonyl (C=O) groups excluding carboxylic acids is 2. The number of nitrogens with zero attached hydrogens (tertiary/aromatic N) is 3. The molecule has 2 amide bonds. The first-order valence-corrected chi connectivity index (χ1v) is 10.5. The monoisotopic (exact) mass is 399 g/mol. The molecule has 0 spiro atoms. The van der Waals surface area contributed by atoms with E-state index in [0.717, 1.165) is 52.2 Å². The van der Waals surface area contributed by atoms with Crippen LogP contribution >= 0.6 is 0 Å². The van der Waals surface area contributed by atoms with Crippen molar-refractivity contribution < 1.29 is 14.3 Å². The van der Waals surface area contributed by atoms with Gasteiger partial charge in [-0.25, -0.2) is 0 Å². The minimum Gasteiger partial charge on any atom is -0.381 e. The van der Waals surface area contributed by atoms with Crippen LogP contribution in [-0.4, -0.2) is 74.7 Å². The van der Waals surface area contributed by atoms with Gasteiger partial charge >= 0.3 is 0 Å². The van der Waals surface area contributed by atoms with Crippen molar-refractivity contribution in [3.05, 3.63) is 30.3 Å². The van der Waals surface area contributed by atoms with Crippen LogP contribution in [0.15, 0.2) is 35.3 Å². The van der Waals surface area contributed by atoms with Crippen LogP contribution in [0.25, 0.3) is 0 Å². The van der Waals surface area contributed by atoms with E-state index in [0.29, 0.717) is 18.4 Å². The SMILES string of the molecule is O=C(CC1NC(N2CCN(c3ccccc3)CC2)=NC1=O)NCC1CCOCC1. The lowest BCUT2D eigenvalue weighted by Gasteiger charge is -2.37. The van der Waals surface area contributed by atoms with Crippen molar-refractivity contribution in [1.29, 1.82) is 0 Å². The Morgan fingerprint density at radius 2 is 1.79 bits per heavy atom. The summed E-state index contributed by atoms with van der Waals surface area (Å²) < 4.78 is 5.34. The summed E-state index contributed by atoms with van der Waals surface area (Å²) in [7, 11) is 0. The molecule has 1 unspecified atom stereocenters. The Morgan fingerprint density at radius 3 is 2.52 bits per heavy atom. The van der Waals surface area contributed by atoms with Crippen LogP contribution in [0.5, 0.6) is 0 Å². The highest BCUT2D eigenvalue weighted by Crippen LogP contribution is 2.17. The zero-order valence-electron chi connectivity index (χ0n) is 16.7. The number of hydrogen-bond donors (Lipinski definition) is 2. The molecule has 2 N–H and O–H groups in total. The summed E-state index contributed by atoms with van der Waals surface area (Å²) in [6.45, 7) is 5.49. The van der Waals surface area contributed by atoms with E-state index in [1.165, 1.54) is 5.69 Å². The number of hydrogen-bond acceptors (Lipinski definition) is 6. The molecule has 2 saturated heterocycles. The molecule has 2 fully saturated rings. The minimum absolute atomic E-state index is 0.104. The second-order valence-electron chi connectivity index (χ2n) is 7.84. The van der Waals surface area contributed by atoms with Gasteiger partial charge in [-0.1, -0.05) is 18.2 Å². The molecule has 1 aromatic carbocycles. The maximum absolute atomic E-state index is 12.3. The molecule has 0 radical (unpaired) electrons. The van der Waals surface area contributed by atoms with E-state index < -0.39 is 6.04 Å². The third kappa shape index (κ3) is 5.06. The number of ether oxygens (including phenoxy) is 1. The van der Waals surface area contributed by atoms with Crippen LogP contribution in [0, 0.1) is 5.92 Å². The number of piperazine rings is 1. The van der Waals surface area contributed by atoms with Crippen molar-refractivity contribution in [3.8, 4) is 0 Å². The van der Waals surface area contributed by atoms with Crippen LogP contribution in [-0.2, 0) is 14.3 Å². The number of nitrogens with one attached hydrogen (secondary N) is 2. The molecule has 0 saturated carbocycles. The standard InChI is InChI=1S/C21H29N5O3/c27-19(22-15-16-6-12-29-13-7-16)14-18-20(28)24-21(23-18)26-10-8-25(9-11-26)17-4-2-1-3-5-17/h1-5,16,18H,6-15H2,(H,22,27)(H,23,24,28). The van der Waals surface area contributed by atoms with Gasteiger partial charge in [0.05, 0.1) is 6.42 Å².